The Morgan fingerprint density at radius 1 is 1.58 bits per heavy atom. The van der Waals surface area contributed by atoms with E-state index in [2.05, 4.69) is 26.2 Å². The number of hydrogen-bond acceptors (Lipinski definition) is 5. The lowest BCUT2D eigenvalue weighted by molar-refractivity contribution is -0.117. The van der Waals surface area contributed by atoms with Crippen LogP contribution in [0.5, 0.6) is 0 Å². The molecule has 0 saturated carbocycles. The van der Waals surface area contributed by atoms with Gasteiger partial charge in [0.1, 0.15) is 14.4 Å². The summed E-state index contributed by atoms with van der Waals surface area (Å²) in [6.45, 7) is 1.84. The second-order valence-electron chi connectivity index (χ2n) is 4.35. The summed E-state index contributed by atoms with van der Waals surface area (Å²) in [4.78, 5) is 15.8. The zero-order valence-electron chi connectivity index (χ0n) is 10.7. The van der Waals surface area contributed by atoms with Crippen molar-refractivity contribution in [3.8, 4) is 0 Å². The number of carbonyl (C=O) groups excluding carboxylic acids is 1. The van der Waals surface area contributed by atoms with Gasteiger partial charge in [0.05, 0.1) is 23.7 Å². The number of carbonyl (C=O) groups is 1. The first-order valence-corrected chi connectivity index (χ1v) is 8.40. The van der Waals surface area contributed by atoms with E-state index in [9.17, 15) is 13.2 Å². The maximum absolute atomic E-state index is 11.8. The molecule has 0 saturated heterocycles. The van der Waals surface area contributed by atoms with E-state index in [1.165, 1.54) is 6.20 Å². The Morgan fingerprint density at radius 2 is 2.21 bits per heavy atom. The first-order chi connectivity index (χ1) is 8.69. The van der Waals surface area contributed by atoms with Crippen molar-refractivity contribution in [1.82, 2.24) is 4.98 Å². The van der Waals surface area contributed by atoms with Crippen molar-refractivity contribution in [1.29, 1.82) is 0 Å². The van der Waals surface area contributed by atoms with Crippen molar-refractivity contribution in [3.05, 3.63) is 22.4 Å². The molecular formula is C11H16BrN3O3S. The highest BCUT2D eigenvalue weighted by Gasteiger charge is 2.16. The highest BCUT2D eigenvalue weighted by molar-refractivity contribution is 9.10. The van der Waals surface area contributed by atoms with Crippen LogP contribution in [0.3, 0.4) is 0 Å². The second kappa shape index (κ2) is 6.44. The van der Waals surface area contributed by atoms with Gasteiger partial charge in [-0.25, -0.2) is 13.4 Å². The van der Waals surface area contributed by atoms with Crippen molar-refractivity contribution < 1.29 is 13.2 Å². The molecule has 3 N–H and O–H groups in total. The summed E-state index contributed by atoms with van der Waals surface area (Å²) >= 11 is 3.26. The highest BCUT2D eigenvalue weighted by Crippen LogP contribution is 2.16. The molecule has 0 aliphatic heterocycles. The monoisotopic (exact) mass is 349 g/mol. The minimum Gasteiger partial charge on any atom is -0.323 e. The number of nitrogens with two attached hydrogens (primary N) is 1. The number of aromatic nitrogens is 1. The molecule has 1 heterocycles. The third-order valence-corrected chi connectivity index (χ3v) is 4.23. The highest BCUT2D eigenvalue weighted by atomic mass is 79.9. The van der Waals surface area contributed by atoms with Crippen LogP contribution in [0.1, 0.15) is 12.0 Å². The maximum atomic E-state index is 11.8. The van der Waals surface area contributed by atoms with Crippen molar-refractivity contribution in [2.75, 3.05) is 17.3 Å². The Balaban J connectivity index is 2.61. The Bertz CT molecular complexity index is 575. The minimum atomic E-state index is -3.12. The van der Waals surface area contributed by atoms with Crippen molar-refractivity contribution in [2.45, 2.75) is 19.4 Å². The van der Waals surface area contributed by atoms with Gasteiger partial charge in [-0.05, 0) is 40.9 Å². The number of nitrogens with zero attached hydrogens (tertiary/aromatic N) is 1. The minimum absolute atomic E-state index is 0.0909. The number of anilines is 1. The molecular weight excluding hydrogens is 334 g/mol. The normalized spacial score (nSPS) is 13.1. The number of nitrogens with one attached hydrogen (secondary N) is 1. The average molecular weight is 350 g/mol. The topological polar surface area (TPSA) is 102 Å². The number of pyridine rings is 1. The van der Waals surface area contributed by atoms with Crippen LogP contribution < -0.4 is 11.1 Å². The van der Waals surface area contributed by atoms with E-state index in [0.717, 1.165) is 11.8 Å². The van der Waals surface area contributed by atoms with Gasteiger partial charge in [-0.2, -0.15) is 0 Å². The van der Waals surface area contributed by atoms with Crippen LogP contribution in [0.4, 0.5) is 5.69 Å². The van der Waals surface area contributed by atoms with Gasteiger partial charge in [-0.15, -0.1) is 0 Å². The Labute approximate surface area is 120 Å². The summed E-state index contributed by atoms with van der Waals surface area (Å²) in [6, 6.07) is 0.886. The van der Waals surface area contributed by atoms with Crippen LogP contribution in [0.2, 0.25) is 0 Å². The molecule has 0 fully saturated rings. The van der Waals surface area contributed by atoms with Crippen molar-refractivity contribution in [3.63, 3.8) is 0 Å². The number of amides is 1. The molecule has 1 unspecified atom stereocenters. The third-order valence-electron chi connectivity index (χ3n) is 2.42. The summed E-state index contributed by atoms with van der Waals surface area (Å²) in [7, 11) is -3.12. The van der Waals surface area contributed by atoms with Gasteiger partial charge < -0.3 is 11.1 Å². The Morgan fingerprint density at radius 3 is 2.74 bits per heavy atom. The van der Waals surface area contributed by atoms with E-state index in [0.29, 0.717) is 10.3 Å². The molecule has 1 rings (SSSR count). The lowest BCUT2D eigenvalue weighted by Gasteiger charge is -2.12. The van der Waals surface area contributed by atoms with Crippen LogP contribution in [0.25, 0.3) is 0 Å². The molecule has 1 amide bonds. The fourth-order valence-corrected chi connectivity index (χ4v) is 2.23. The Kier molecular flexibility index (Phi) is 5.45. The standard InChI is InChI=1S/C11H16BrN3O3S/c1-7-5-8(6-14-10(7)12)15-11(16)9(13)3-4-19(2,17)18/h5-6,9H,3-4,13H2,1-2H3,(H,15,16). The molecule has 0 aliphatic carbocycles. The molecule has 106 valence electrons. The summed E-state index contributed by atoms with van der Waals surface area (Å²) in [5.41, 5.74) is 7.04. The zero-order valence-corrected chi connectivity index (χ0v) is 13.1. The number of halogens is 1. The SMILES string of the molecule is Cc1cc(NC(=O)C(N)CCS(C)(=O)=O)cnc1Br. The molecule has 8 heteroatoms. The fraction of sp³-hybridized carbons (Fsp3) is 0.455. The second-order valence-corrected chi connectivity index (χ2v) is 7.36. The fourth-order valence-electron chi connectivity index (χ4n) is 1.33. The van der Waals surface area contributed by atoms with Gasteiger partial charge in [-0.3, -0.25) is 4.79 Å². The van der Waals surface area contributed by atoms with Gasteiger partial charge in [-0.1, -0.05) is 0 Å². The van der Waals surface area contributed by atoms with E-state index in [1.807, 2.05) is 6.92 Å². The van der Waals surface area contributed by atoms with Crippen molar-refractivity contribution >= 4 is 37.4 Å². The van der Waals surface area contributed by atoms with Crippen LogP contribution >= 0.6 is 15.9 Å². The third kappa shape index (κ3) is 5.66. The number of aryl methyl sites for hydroxylation is 1. The quantitative estimate of drug-likeness (QED) is 0.767. The van der Waals surface area contributed by atoms with E-state index in [-0.39, 0.29) is 12.2 Å². The first kappa shape index (κ1) is 16.1. The molecule has 19 heavy (non-hydrogen) atoms. The van der Waals surface area contributed by atoms with Gasteiger partial charge in [0.2, 0.25) is 5.91 Å². The number of sulfone groups is 1. The molecule has 1 atom stereocenters. The zero-order chi connectivity index (χ0) is 14.6. The maximum Gasteiger partial charge on any atom is 0.241 e. The van der Waals surface area contributed by atoms with Crippen LogP contribution in [0.15, 0.2) is 16.9 Å². The summed E-state index contributed by atoms with van der Waals surface area (Å²) in [6.07, 6.45) is 2.70. The lowest BCUT2D eigenvalue weighted by atomic mass is 10.2. The summed E-state index contributed by atoms with van der Waals surface area (Å²) in [5, 5.41) is 2.60. The van der Waals surface area contributed by atoms with E-state index in [1.54, 1.807) is 6.07 Å². The predicted octanol–water partition coefficient (Wildman–Crippen LogP) is 0.853. The van der Waals surface area contributed by atoms with E-state index < -0.39 is 21.8 Å². The van der Waals surface area contributed by atoms with Crippen LogP contribution in [-0.4, -0.2) is 37.4 Å². The van der Waals surface area contributed by atoms with Crippen molar-refractivity contribution in [2.24, 2.45) is 5.73 Å². The molecule has 0 aromatic carbocycles. The van der Waals surface area contributed by atoms with Crippen LogP contribution in [-0.2, 0) is 14.6 Å². The lowest BCUT2D eigenvalue weighted by Crippen LogP contribution is -2.37. The summed E-state index contributed by atoms with van der Waals surface area (Å²) < 4.78 is 22.7. The summed E-state index contributed by atoms with van der Waals surface area (Å²) in [5.74, 6) is -0.536. The molecule has 0 bridgehead atoms. The number of hydrogen-bond donors (Lipinski definition) is 2. The molecule has 1 aromatic heterocycles. The van der Waals surface area contributed by atoms with Gasteiger partial charge >= 0.3 is 0 Å². The van der Waals surface area contributed by atoms with Gasteiger partial charge in [0, 0.05) is 6.26 Å². The molecule has 0 radical (unpaired) electrons. The molecule has 1 aromatic rings. The molecule has 0 spiro atoms. The number of rotatable bonds is 5. The Hall–Kier alpha value is -0.990. The largest absolute Gasteiger partial charge is 0.323 e. The average Bonchev–Trinajstić information content (AvgIpc) is 2.29. The smallest absolute Gasteiger partial charge is 0.241 e. The molecule has 6 nitrogen and oxygen atoms in total. The molecule has 0 aliphatic rings. The first-order valence-electron chi connectivity index (χ1n) is 5.55. The predicted molar refractivity (Wildman–Crippen MR) is 77.6 cm³/mol. The van der Waals surface area contributed by atoms with Gasteiger partial charge in [0.15, 0.2) is 0 Å². The van der Waals surface area contributed by atoms with E-state index >= 15 is 0 Å². The van der Waals surface area contributed by atoms with E-state index in [4.69, 9.17) is 5.73 Å². The van der Waals surface area contributed by atoms with Crippen LogP contribution in [0, 0.1) is 6.92 Å². The van der Waals surface area contributed by atoms with Gasteiger partial charge in [0.25, 0.3) is 0 Å².